The maximum absolute atomic E-state index is 8.52. The second-order valence-corrected chi connectivity index (χ2v) is 1.50. The molecule has 0 N–H and O–H groups in total. The molecule has 0 saturated carbocycles. The van der Waals surface area contributed by atoms with Crippen molar-refractivity contribution in [3.63, 3.8) is 0 Å². The third kappa shape index (κ3) is 212. The van der Waals surface area contributed by atoms with Crippen molar-refractivity contribution in [1.29, 1.82) is 5.26 Å². The molecule has 0 unspecified atom stereocenters. The van der Waals surface area contributed by atoms with Gasteiger partial charge in [-0.3, -0.25) is 8.42 Å². The van der Waals surface area contributed by atoms with Gasteiger partial charge >= 0.3 is 88.7 Å². The van der Waals surface area contributed by atoms with Crippen LogP contribution in [0.3, 0.4) is 0 Å². The van der Waals surface area contributed by atoms with E-state index in [2.05, 4.69) is 12.6 Å². The minimum absolute atomic E-state index is 0. The SMILES string of the molecule is N#C[S-].O=S(=O)([O-])[O-].[Na+].[Na+].[Na+]. The van der Waals surface area contributed by atoms with Gasteiger partial charge in [-0.25, -0.2) is 5.26 Å². The number of hydrogen-bond acceptors (Lipinski definition) is 6. The van der Waals surface area contributed by atoms with E-state index in [0.29, 0.717) is 0 Å². The second-order valence-electron chi connectivity index (χ2n) is 0.500. The van der Waals surface area contributed by atoms with Crippen molar-refractivity contribution in [2.24, 2.45) is 0 Å². The number of hydrogen-bond donors (Lipinski definition) is 0. The minimum atomic E-state index is -5.17. The number of nitrogens with zero attached hydrogens (tertiary/aromatic N) is 1. The zero-order valence-electron chi connectivity index (χ0n) is 6.40. The van der Waals surface area contributed by atoms with Gasteiger partial charge in [0.25, 0.3) is 0 Å². The van der Waals surface area contributed by atoms with Gasteiger partial charge in [0.05, 0.1) is 0 Å². The third-order valence-electron chi connectivity index (χ3n) is 0. The summed E-state index contributed by atoms with van der Waals surface area (Å²) >= 11 is 3.70. The summed E-state index contributed by atoms with van der Waals surface area (Å²) in [5.74, 6) is 0. The van der Waals surface area contributed by atoms with Crippen LogP contribution >= 0.6 is 0 Å². The van der Waals surface area contributed by atoms with Gasteiger partial charge < -0.3 is 21.7 Å². The minimum Gasteiger partial charge on any atom is -0.759 e. The van der Waals surface area contributed by atoms with Gasteiger partial charge in [-0.1, -0.05) is 5.40 Å². The van der Waals surface area contributed by atoms with Crippen molar-refractivity contribution in [3.8, 4) is 5.40 Å². The molecular formula is CNNa3O4S2. The van der Waals surface area contributed by atoms with E-state index in [1.807, 2.05) is 0 Å². The Kier molecular flexibility index (Phi) is 48.8. The Bertz CT molecular complexity index is 164. The Morgan fingerprint density at radius 2 is 1.18 bits per heavy atom. The molecule has 48 valence electrons. The van der Waals surface area contributed by atoms with Crippen molar-refractivity contribution in [3.05, 3.63) is 0 Å². The first-order valence-corrected chi connectivity index (χ1v) is 2.84. The van der Waals surface area contributed by atoms with Crippen LogP contribution < -0.4 is 88.7 Å². The van der Waals surface area contributed by atoms with Gasteiger partial charge in [-0.15, -0.1) is 0 Å². The van der Waals surface area contributed by atoms with Gasteiger partial charge in [0.15, 0.2) is 0 Å². The van der Waals surface area contributed by atoms with Crippen molar-refractivity contribution in [1.82, 2.24) is 0 Å². The molecule has 0 aromatic heterocycles. The molecule has 0 heterocycles. The summed E-state index contributed by atoms with van der Waals surface area (Å²) in [4.78, 5) is 0. The summed E-state index contributed by atoms with van der Waals surface area (Å²) < 4.78 is 34.1. The summed E-state index contributed by atoms with van der Waals surface area (Å²) in [6.07, 6.45) is 0. The topological polar surface area (TPSA) is 104 Å². The summed E-state index contributed by atoms with van der Waals surface area (Å²) in [5, 5.41) is 8.47. The predicted molar refractivity (Wildman–Crippen MR) is 23.5 cm³/mol. The maximum Gasteiger partial charge on any atom is 1.00 e. The Labute approximate surface area is 137 Å². The van der Waals surface area contributed by atoms with Crippen molar-refractivity contribution < 1.29 is 106 Å². The van der Waals surface area contributed by atoms with Crippen molar-refractivity contribution >= 4 is 23.0 Å². The zero-order valence-corrected chi connectivity index (χ0v) is 14.0. The van der Waals surface area contributed by atoms with Crippen LogP contribution in [0.1, 0.15) is 0 Å². The first-order chi connectivity index (χ1) is 3.41. The fourth-order valence-corrected chi connectivity index (χ4v) is 0. The molecule has 10 heteroatoms. The Morgan fingerprint density at radius 3 is 1.18 bits per heavy atom. The first kappa shape index (κ1) is 29.2. The van der Waals surface area contributed by atoms with Crippen LogP contribution in [0.25, 0.3) is 0 Å². The van der Waals surface area contributed by atoms with Gasteiger partial charge in [0, 0.05) is 10.4 Å². The molecule has 5 nitrogen and oxygen atoms in total. The first-order valence-electron chi connectivity index (χ1n) is 1.09. The van der Waals surface area contributed by atoms with Gasteiger partial charge in [0.1, 0.15) is 0 Å². The molecule has 0 fully saturated rings. The van der Waals surface area contributed by atoms with E-state index in [1.165, 1.54) is 5.40 Å². The number of nitriles is 1. The summed E-state index contributed by atoms with van der Waals surface area (Å²) in [6.45, 7) is 0. The standard InChI is InChI=1S/CHNS.3Na.H2O4S/c2-1-3;;;;1-5(2,3)4/h3H;;;;(H2,1,2,3,4)/q;3*+1;/p-3. The second kappa shape index (κ2) is 18.4. The molecule has 0 saturated heterocycles. The quantitative estimate of drug-likeness (QED) is 0.133. The number of rotatable bonds is 0. The Hall–Kier alpha value is 2.58. The van der Waals surface area contributed by atoms with Crippen LogP contribution in [-0.2, 0) is 23.0 Å². The van der Waals surface area contributed by atoms with E-state index in [-0.39, 0.29) is 88.7 Å². The molecule has 0 aliphatic heterocycles. The molecular weight excluding hydrogens is 223 g/mol. The van der Waals surface area contributed by atoms with Crippen LogP contribution in [-0.4, -0.2) is 17.5 Å². The zero-order chi connectivity index (χ0) is 7.21. The molecule has 0 aliphatic rings. The molecule has 0 aliphatic carbocycles. The van der Waals surface area contributed by atoms with Crippen LogP contribution in [0.4, 0.5) is 0 Å². The van der Waals surface area contributed by atoms with E-state index in [1.54, 1.807) is 0 Å². The van der Waals surface area contributed by atoms with Gasteiger partial charge in [0.2, 0.25) is 0 Å². The van der Waals surface area contributed by atoms with E-state index in [4.69, 9.17) is 22.8 Å². The molecule has 0 bridgehead atoms. The fraction of sp³-hybridized carbons (Fsp3) is 0. The van der Waals surface area contributed by atoms with Crippen molar-refractivity contribution in [2.75, 3.05) is 0 Å². The molecule has 11 heavy (non-hydrogen) atoms. The van der Waals surface area contributed by atoms with Crippen LogP contribution in [0, 0.1) is 10.7 Å². The molecule has 0 spiro atoms. The van der Waals surface area contributed by atoms with E-state index < -0.39 is 10.4 Å². The van der Waals surface area contributed by atoms with Gasteiger partial charge in [-0.2, -0.15) is 0 Å². The van der Waals surface area contributed by atoms with E-state index in [9.17, 15) is 0 Å². The summed E-state index contributed by atoms with van der Waals surface area (Å²) in [5.41, 5.74) is 0. The average molecular weight is 223 g/mol. The van der Waals surface area contributed by atoms with Gasteiger partial charge in [-0.05, 0) is 0 Å². The molecule has 0 atom stereocenters. The molecule has 0 radical (unpaired) electrons. The van der Waals surface area contributed by atoms with Crippen LogP contribution in [0.2, 0.25) is 0 Å². The third-order valence-corrected chi connectivity index (χ3v) is 0. The monoisotopic (exact) mass is 223 g/mol. The predicted octanol–water partition coefficient (Wildman–Crippen LogP) is -10.3. The fourth-order valence-electron chi connectivity index (χ4n) is 0. The molecule has 0 rings (SSSR count). The van der Waals surface area contributed by atoms with E-state index >= 15 is 0 Å². The van der Waals surface area contributed by atoms with E-state index in [0.717, 1.165) is 0 Å². The smallest absolute Gasteiger partial charge is 0.759 e. The molecule has 0 amide bonds. The molecule has 0 aromatic rings. The molecule has 0 aromatic carbocycles. The Balaban J connectivity index is -0.0000000183. The van der Waals surface area contributed by atoms with Crippen molar-refractivity contribution in [2.45, 2.75) is 0 Å². The summed E-state index contributed by atoms with van der Waals surface area (Å²) in [6, 6.07) is 0. The van der Waals surface area contributed by atoms with Crippen LogP contribution in [0.5, 0.6) is 0 Å². The Morgan fingerprint density at radius 1 is 1.18 bits per heavy atom. The largest absolute Gasteiger partial charge is 1.00 e. The number of thiocyanates is 1. The maximum atomic E-state index is 8.52. The van der Waals surface area contributed by atoms with Crippen LogP contribution in [0.15, 0.2) is 0 Å². The normalized spacial score (nSPS) is 5.91. The average Bonchev–Trinajstić information content (AvgIpc) is 1.27. The summed E-state index contributed by atoms with van der Waals surface area (Å²) in [7, 11) is -5.17.